The highest BCUT2D eigenvalue weighted by Gasteiger charge is 2.20. The molecular formula is C13H13Br2NS2. The first-order valence-electron chi connectivity index (χ1n) is 5.97. The first-order chi connectivity index (χ1) is 8.74. The van der Waals surface area contributed by atoms with Crippen LogP contribution in [0.5, 0.6) is 0 Å². The molecule has 0 spiro atoms. The Kier molecular flexibility index (Phi) is 4.25. The molecule has 3 rings (SSSR count). The lowest BCUT2D eigenvalue weighted by Gasteiger charge is -2.23. The lowest BCUT2D eigenvalue weighted by atomic mass is 9.94. The third-order valence-electron chi connectivity index (χ3n) is 3.27. The largest absolute Gasteiger partial charge is 0.305 e. The van der Waals surface area contributed by atoms with E-state index in [9.17, 15) is 0 Å². The van der Waals surface area contributed by atoms with Crippen LogP contribution in [0.3, 0.4) is 0 Å². The Labute approximate surface area is 132 Å². The number of hydrogen-bond acceptors (Lipinski definition) is 3. The molecule has 2 heterocycles. The predicted molar refractivity (Wildman–Crippen MR) is 86.6 cm³/mol. The van der Waals surface area contributed by atoms with E-state index in [4.69, 9.17) is 0 Å². The van der Waals surface area contributed by atoms with Crippen molar-refractivity contribution in [1.82, 2.24) is 5.32 Å². The van der Waals surface area contributed by atoms with Gasteiger partial charge in [0.15, 0.2) is 0 Å². The van der Waals surface area contributed by atoms with Gasteiger partial charge in [-0.3, -0.25) is 0 Å². The van der Waals surface area contributed by atoms with E-state index >= 15 is 0 Å². The summed E-state index contributed by atoms with van der Waals surface area (Å²) in [6.07, 6.45) is 3.84. The molecule has 0 bridgehead atoms. The van der Waals surface area contributed by atoms with Gasteiger partial charge in [0.2, 0.25) is 0 Å². The van der Waals surface area contributed by atoms with Crippen molar-refractivity contribution in [2.75, 3.05) is 0 Å². The summed E-state index contributed by atoms with van der Waals surface area (Å²) < 4.78 is 2.34. The minimum Gasteiger partial charge on any atom is -0.305 e. The third-order valence-corrected chi connectivity index (χ3v) is 7.52. The molecule has 1 aliphatic carbocycles. The minimum atomic E-state index is 0.541. The molecule has 1 atom stereocenters. The van der Waals surface area contributed by atoms with Gasteiger partial charge in [0.25, 0.3) is 0 Å². The summed E-state index contributed by atoms with van der Waals surface area (Å²) >= 11 is 10.8. The smallest absolute Gasteiger partial charge is 0.0843 e. The maximum atomic E-state index is 3.70. The average Bonchev–Trinajstić information content (AvgIpc) is 2.94. The highest BCUT2D eigenvalue weighted by Crippen LogP contribution is 2.35. The van der Waals surface area contributed by atoms with Crippen molar-refractivity contribution in [2.24, 2.45) is 0 Å². The molecule has 2 aromatic rings. The second kappa shape index (κ2) is 5.75. The van der Waals surface area contributed by atoms with Gasteiger partial charge in [-0.25, -0.2) is 0 Å². The molecule has 1 unspecified atom stereocenters. The molecule has 0 aliphatic heterocycles. The number of thiophene rings is 2. The standard InChI is InChI=1S/C13H13Br2NS2/c14-10-6-8(18-13(10)15)7-16-11-2-1-3-12-9(11)4-5-17-12/h4-6,11,16H,1-3,7H2. The first-order valence-corrected chi connectivity index (χ1v) is 9.25. The molecule has 0 saturated carbocycles. The Morgan fingerprint density at radius 3 is 3.06 bits per heavy atom. The highest BCUT2D eigenvalue weighted by molar-refractivity contribution is 9.13. The van der Waals surface area contributed by atoms with Gasteiger partial charge in [-0.1, -0.05) is 0 Å². The zero-order valence-corrected chi connectivity index (χ0v) is 14.5. The van der Waals surface area contributed by atoms with Gasteiger partial charge in [0.05, 0.1) is 3.79 Å². The minimum absolute atomic E-state index is 0.541. The van der Waals surface area contributed by atoms with Crippen molar-refractivity contribution in [1.29, 1.82) is 0 Å². The summed E-state index contributed by atoms with van der Waals surface area (Å²) in [5.41, 5.74) is 1.53. The number of halogens is 2. The molecule has 5 heteroatoms. The maximum absolute atomic E-state index is 3.70. The first kappa shape index (κ1) is 13.3. The Balaban J connectivity index is 1.68. The molecule has 0 fully saturated rings. The Hall–Kier alpha value is 0.320. The summed E-state index contributed by atoms with van der Waals surface area (Å²) in [4.78, 5) is 2.95. The highest BCUT2D eigenvalue weighted by atomic mass is 79.9. The van der Waals surface area contributed by atoms with Crippen LogP contribution in [0.4, 0.5) is 0 Å². The molecule has 0 aromatic carbocycles. The number of hydrogen-bond donors (Lipinski definition) is 1. The Morgan fingerprint density at radius 1 is 1.39 bits per heavy atom. The van der Waals surface area contributed by atoms with E-state index in [0.29, 0.717) is 6.04 Å². The van der Waals surface area contributed by atoms with Crippen LogP contribution in [0.2, 0.25) is 0 Å². The molecule has 1 nitrogen and oxygen atoms in total. The fraction of sp³-hybridized carbons (Fsp3) is 0.385. The van der Waals surface area contributed by atoms with Crippen molar-refractivity contribution in [3.63, 3.8) is 0 Å². The van der Waals surface area contributed by atoms with Crippen LogP contribution in [-0.4, -0.2) is 0 Å². The van der Waals surface area contributed by atoms with Gasteiger partial charge >= 0.3 is 0 Å². The summed E-state index contributed by atoms with van der Waals surface area (Å²) in [5.74, 6) is 0. The molecule has 0 amide bonds. The van der Waals surface area contributed by atoms with Crippen LogP contribution < -0.4 is 5.32 Å². The van der Waals surface area contributed by atoms with E-state index in [1.165, 1.54) is 33.5 Å². The second-order valence-electron chi connectivity index (χ2n) is 4.46. The van der Waals surface area contributed by atoms with E-state index in [2.05, 4.69) is 54.7 Å². The predicted octanol–water partition coefficient (Wildman–Crippen LogP) is 5.50. The molecular weight excluding hydrogens is 394 g/mol. The molecule has 1 aliphatic rings. The van der Waals surface area contributed by atoms with Crippen molar-refractivity contribution < 1.29 is 0 Å². The van der Waals surface area contributed by atoms with Gasteiger partial charge in [-0.15, -0.1) is 22.7 Å². The van der Waals surface area contributed by atoms with E-state index < -0.39 is 0 Å². The van der Waals surface area contributed by atoms with Gasteiger partial charge in [-0.2, -0.15) is 0 Å². The number of fused-ring (bicyclic) bond motifs is 1. The monoisotopic (exact) mass is 405 g/mol. The normalized spacial score (nSPS) is 18.9. The van der Waals surface area contributed by atoms with Crippen LogP contribution in [-0.2, 0) is 13.0 Å². The average molecular weight is 407 g/mol. The number of rotatable bonds is 3. The SMILES string of the molecule is Brc1cc(CNC2CCCc3sccc32)sc1Br. The number of aryl methyl sites for hydroxylation is 1. The summed E-state index contributed by atoms with van der Waals surface area (Å²) in [5, 5.41) is 5.92. The van der Waals surface area contributed by atoms with E-state index in [1.807, 2.05) is 11.3 Å². The van der Waals surface area contributed by atoms with Crippen LogP contribution in [0.15, 0.2) is 25.8 Å². The van der Waals surface area contributed by atoms with Crippen LogP contribution in [0.25, 0.3) is 0 Å². The van der Waals surface area contributed by atoms with Gasteiger partial charge < -0.3 is 5.32 Å². The number of nitrogens with one attached hydrogen (secondary N) is 1. The Morgan fingerprint density at radius 2 is 2.28 bits per heavy atom. The van der Waals surface area contributed by atoms with Crippen molar-refractivity contribution in [3.05, 3.63) is 41.1 Å². The van der Waals surface area contributed by atoms with E-state index in [1.54, 1.807) is 16.2 Å². The van der Waals surface area contributed by atoms with Crippen LogP contribution >= 0.6 is 54.5 Å². The quantitative estimate of drug-likeness (QED) is 0.709. The van der Waals surface area contributed by atoms with Gasteiger partial charge in [-0.05, 0) is 74.2 Å². The zero-order chi connectivity index (χ0) is 12.5. The lowest BCUT2D eigenvalue weighted by Crippen LogP contribution is -2.23. The van der Waals surface area contributed by atoms with Gasteiger partial charge in [0, 0.05) is 26.8 Å². The molecule has 96 valence electrons. The topological polar surface area (TPSA) is 12.0 Å². The van der Waals surface area contributed by atoms with Crippen LogP contribution in [0.1, 0.15) is 34.2 Å². The molecule has 2 aromatic heterocycles. The summed E-state index contributed by atoms with van der Waals surface area (Å²) in [6.45, 7) is 0.953. The van der Waals surface area contributed by atoms with Gasteiger partial charge in [0.1, 0.15) is 0 Å². The Bertz CT molecular complexity index is 527. The van der Waals surface area contributed by atoms with Crippen molar-refractivity contribution >= 4 is 54.5 Å². The van der Waals surface area contributed by atoms with Crippen molar-refractivity contribution in [2.45, 2.75) is 31.8 Å². The summed E-state index contributed by atoms with van der Waals surface area (Å²) in [7, 11) is 0. The zero-order valence-electron chi connectivity index (χ0n) is 9.71. The lowest BCUT2D eigenvalue weighted by molar-refractivity contribution is 0.465. The summed E-state index contributed by atoms with van der Waals surface area (Å²) in [6, 6.07) is 5.02. The second-order valence-corrected chi connectivity index (χ2v) is 8.77. The molecule has 18 heavy (non-hydrogen) atoms. The molecule has 0 saturated heterocycles. The molecule has 0 radical (unpaired) electrons. The third kappa shape index (κ3) is 2.75. The van der Waals surface area contributed by atoms with Crippen molar-refractivity contribution in [3.8, 4) is 0 Å². The van der Waals surface area contributed by atoms with E-state index in [0.717, 1.165) is 11.0 Å². The molecule has 1 N–H and O–H groups in total. The fourth-order valence-corrected chi connectivity index (χ4v) is 5.52. The van der Waals surface area contributed by atoms with Crippen LogP contribution in [0, 0.1) is 0 Å². The van der Waals surface area contributed by atoms with E-state index in [-0.39, 0.29) is 0 Å². The fourth-order valence-electron chi connectivity index (χ4n) is 2.40. The maximum Gasteiger partial charge on any atom is 0.0843 e.